The number of amides is 1. The van der Waals surface area contributed by atoms with E-state index in [9.17, 15) is 13.2 Å². The number of nitrogens with zero attached hydrogens (tertiary/aromatic N) is 2. The Labute approximate surface area is 165 Å². The van der Waals surface area contributed by atoms with E-state index in [4.69, 9.17) is 0 Å². The molecule has 3 rings (SSSR count). The van der Waals surface area contributed by atoms with Crippen molar-refractivity contribution in [3.8, 4) is 0 Å². The molecule has 2 N–H and O–H groups in total. The largest absolute Gasteiger partial charge is 0.329 e. The number of pyridine rings is 1. The number of rotatable bonds is 5. The predicted octanol–water partition coefficient (Wildman–Crippen LogP) is 1.59. The quantitative estimate of drug-likeness (QED) is 0.781. The second-order valence-corrected chi connectivity index (χ2v) is 7.80. The number of benzene rings is 1. The summed E-state index contributed by atoms with van der Waals surface area (Å²) in [4.78, 5) is 19.1. The van der Waals surface area contributed by atoms with Gasteiger partial charge in [-0.3, -0.25) is 9.78 Å². The molecule has 0 aliphatic carbocycles. The highest BCUT2D eigenvalue weighted by molar-refractivity contribution is 7.89. The van der Waals surface area contributed by atoms with Gasteiger partial charge in [-0.2, -0.15) is 0 Å². The summed E-state index contributed by atoms with van der Waals surface area (Å²) in [7, 11) is -3.61. The average Bonchev–Trinajstić information content (AvgIpc) is 2.68. The Morgan fingerprint density at radius 3 is 2.85 bits per heavy atom. The van der Waals surface area contributed by atoms with Crippen molar-refractivity contribution in [1.82, 2.24) is 19.9 Å². The summed E-state index contributed by atoms with van der Waals surface area (Å²) in [6.07, 6.45) is 3.45. The van der Waals surface area contributed by atoms with Crippen LogP contribution >= 0.6 is 12.4 Å². The zero-order valence-corrected chi connectivity index (χ0v) is 16.6. The molecule has 2 aromatic rings. The Kier molecular flexibility index (Phi) is 7.32. The van der Waals surface area contributed by atoms with E-state index in [1.807, 2.05) is 12.1 Å². The van der Waals surface area contributed by atoms with Gasteiger partial charge in [0.2, 0.25) is 10.0 Å². The minimum atomic E-state index is -3.61. The molecule has 146 valence electrons. The summed E-state index contributed by atoms with van der Waals surface area (Å²) in [6.45, 7) is 3.88. The number of halogens is 1. The molecule has 1 unspecified atom stereocenters. The molecular formula is C18H23ClN4O3S. The van der Waals surface area contributed by atoms with Crippen LogP contribution in [0, 0.1) is 0 Å². The topological polar surface area (TPSA) is 91.4 Å². The number of hydrogen-bond acceptors (Lipinski definition) is 5. The second kappa shape index (κ2) is 9.27. The number of carbonyl (C=O) groups excluding carboxylic acids is 1. The number of carbonyl (C=O) groups is 1. The predicted molar refractivity (Wildman–Crippen MR) is 105 cm³/mol. The van der Waals surface area contributed by atoms with E-state index in [-0.39, 0.29) is 29.3 Å². The average molecular weight is 411 g/mol. The van der Waals surface area contributed by atoms with Gasteiger partial charge in [-0.15, -0.1) is 12.4 Å². The molecule has 0 saturated carbocycles. The maximum atomic E-state index is 13.1. The third-order valence-corrected chi connectivity index (χ3v) is 5.84. The van der Waals surface area contributed by atoms with Gasteiger partial charge in [0, 0.05) is 44.1 Å². The lowest BCUT2D eigenvalue weighted by Gasteiger charge is -2.36. The lowest BCUT2D eigenvalue weighted by atomic mass is 10.0. The Morgan fingerprint density at radius 2 is 2.15 bits per heavy atom. The van der Waals surface area contributed by atoms with Gasteiger partial charge >= 0.3 is 0 Å². The summed E-state index contributed by atoms with van der Waals surface area (Å²) < 4.78 is 26.9. The molecule has 7 nitrogen and oxygen atoms in total. The van der Waals surface area contributed by atoms with E-state index < -0.39 is 10.0 Å². The van der Waals surface area contributed by atoms with Crippen LogP contribution in [-0.2, 0) is 10.0 Å². The van der Waals surface area contributed by atoms with Crippen LogP contribution in [0.5, 0.6) is 0 Å². The van der Waals surface area contributed by atoms with E-state index >= 15 is 0 Å². The number of aromatic nitrogens is 1. The first-order valence-corrected chi connectivity index (χ1v) is 10.0. The number of hydrogen-bond donors (Lipinski definition) is 2. The first kappa shape index (κ1) is 21.3. The normalized spacial score (nSPS) is 17.2. The molecule has 1 atom stereocenters. The number of sulfonamides is 1. The molecule has 1 fully saturated rings. The fourth-order valence-electron chi connectivity index (χ4n) is 3.05. The van der Waals surface area contributed by atoms with Gasteiger partial charge in [0.1, 0.15) is 0 Å². The zero-order valence-electron chi connectivity index (χ0n) is 15.0. The van der Waals surface area contributed by atoms with Gasteiger partial charge < -0.3 is 10.2 Å². The summed E-state index contributed by atoms with van der Waals surface area (Å²) in [6, 6.07) is 9.81. The van der Waals surface area contributed by atoms with Crippen molar-refractivity contribution >= 4 is 28.3 Å². The maximum Gasteiger partial charge on any atom is 0.254 e. The van der Waals surface area contributed by atoms with Gasteiger partial charge in [0.15, 0.2) is 0 Å². The van der Waals surface area contributed by atoms with Gasteiger partial charge in [0.05, 0.1) is 10.9 Å². The molecule has 0 radical (unpaired) electrons. The van der Waals surface area contributed by atoms with Crippen molar-refractivity contribution in [1.29, 1.82) is 0 Å². The van der Waals surface area contributed by atoms with Gasteiger partial charge in [-0.05, 0) is 29.8 Å². The molecular weight excluding hydrogens is 388 g/mol. The van der Waals surface area contributed by atoms with Gasteiger partial charge in [0.25, 0.3) is 5.91 Å². The summed E-state index contributed by atoms with van der Waals surface area (Å²) in [5.41, 5.74) is 1.31. The summed E-state index contributed by atoms with van der Waals surface area (Å²) in [5.74, 6) is -0.186. The lowest BCUT2D eigenvalue weighted by molar-refractivity contribution is 0.0633. The minimum Gasteiger partial charge on any atom is -0.329 e. The molecule has 2 heterocycles. The fraction of sp³-hybridized carbons (Fsp3) is 0.333. The maximum absolute atomic E-state index is 13.1. The Hall–Kier alpha value is -2.00. The highest BCUT2D eigenvalue weighted by atomic mass is 35.5. The van der Waals surface area contributed by atoms with Crippen molar-refractivity contribution < 1.29 is 13.2 Å². The van der Waals surface area contributed by atoms with Crippen LogP contribution in [0.1, 0.15) is 28.9 Å². The van der Waals surface area contributed by atoms with Crippen LogP contribution in [0.3, 0.4) is 0 Å². The standard InChI is InChI=1S/C18H22N4O3S.ClH/c1-2-21-26(24,25)16-7-3-5-14(11-16)18(23)22-10-9-20-13-17(22)15-6-4-8-19-12-15;/h3-8,11-12,17,20-21H,2,9-10,13H2,1H3;1H. The SMILES string of the molecule is CCNS(=O)(=O)c1cccc(C(=O)N2CCNCC2c2cccnc2)c1.Cl. The van der Waals surface area contributed by atoms with Crippen molar-refractivity contribution in [2.45, 2.75) is 17.9 Å². The van der Waals surface area contributed by atoms with E-state index in [0.29, 0.717) is 31.7 Å². The smallest absolute Gasteiger partial charge is 0.254 e. The van der Waals surface area contributed by atoms with Crippen molar-refractivity contribution in [2.75, 3.05) is 26.2 Å². The van der Waals surface area contributed by atoms with Crippen LogP contribution in [0.2, 0.25) is 0 Å². The van der Waals surface area contributed by atoms with Gasteiger partial charge in [-0.1, -0.05) is 19.1 Å². The first-order chi connectivity index (χ1) is 12.5. The van der Waals surface area contributed by atoms with E-state index in [0.717, 1.165) is 5.56 Å². The Bertz CT molecular complexity index is 877. The summed E-state index contributed by atoms with van der Waals surface area (Å²) >= 11 is 0. The van der Waals surface area contributed by atoms with E-state index in [1.54, 1.807) is 36.4 Å². The fourth-order valence-corrected chi connectivity index (χ4v) is 4.14. The Balaban J connectivity index is 0.00000261. The second-order valence-electron chi connectivity index (χ2n) is 6.03. The highest BCUT2D eigenvalue weighted by Gasteiger charge is 2.29. The lowest BCUT2D eigenvalue weighted by Crippen LogP contribution is -2.48. The molecule has 27 heavy (non-hydrogen) atoms. The summed E-state index contributed by atoms with van der Waals surface area (Å²) in [5, 5.41) is 3.29. The molecule has 1 saturated heterocycles. The molecule has 1 aliphatic rings. The van der Waals surface area contributed by atoms with E-state index in [1.165, 1.54) is 12.1 Å². The van der Waals surface area contributed by atoms with Crippen LogP contribution in [0.25, 0.3) is 0 Å². The van der Waals surface area contributed by atoms with E-state index in [2.05, 4.69) is 15.0 Å². The monoisotopic (exact) mass is 410 g/mol. The van der Waals surface area contributed by atoms with Crippen LogP contribution in [-0.4, -0.2) is 50.4 Å². The number of nitrogens with one attached hydrogen (secondary N) is 2. The minimum absolute atomic E-state index is 0. The third kappa shape index (κ3) is 4.84. The molecule has 0 spiro atoms. The molecule has 1 aromatic carbocycles. The highest BCUT2D eigenvalue weighted by Crippen LogP contribution is 2.24. The van der Waals surface area contributed by atoms with Crippen LogP contribution < -0.4 is 10.0 Å². The molecule has 9 heteroatoms. The Morgan fingerprint density at radius 1 is 1.33 bits per heavy atom. The molecule has 1 amide bonds. The third-order valence-electron chi connectivity index (χ3n) is 4.30. The van der Waals surface area contributed by atoms with Crippen molar-refractivity contribution in [3.05, 3.63) is 59.9 Å². The van der Waals surface area contributed by atoms with Crippen LogP contribution in [0.4, 0.5) is 0 Å². The number of piperazine rings is 1. The zero-order chi connectivity index (χ0) is 18.6. The van der Waals surface area contributed by atoms with Crippen molar-refractivity contribution in [2.24, 2.45) is 0 Å². The van der Waals surface area contributed by atoms with Crippen molar-refractivity contribution in [3.63, 3.8) is 0 Å². The molecule has 0 bridgehead atoms. The molecule has 1 aliphatic heterocycles. The molecule has 1 aromatic heterocycles. The van der Waals surface area contributed by atoms with Gasteiger partial charge in [-0.25, -0.2) is 13.1 Å². The first-order valence-electron chi connectivity index (χ1n) is 8.54. The van der Waals surface area contributed by atoms with Crippen LogP contribution in [0.15, 0.2) is 53.7 Å².